The number of hydrogen-bond donors (Lipinski definition) is 0. The second kappa shape index (κ2) is 6.30. The molecule has 0 radical (unpaired) electrons. The Hall–Kier alpha value is -1.20. The Morgan fingerprint density at radius 3 is 2.68 bits per heavy atom. The predicted octanol–water partition coefficient (Wildman–Crippen LogP) is 2.72. The Morgan fingerprint density at radius 2 is 2.00 bits per heavy atom. The summed E-state index contributed by atoms with van der Waals surface area (Å²) >= 11 is 1.72. The summed E-state index contributed by atoms with van der Waals surface area (Å²) in [6, 6.07) is 2.06. The quantitative estimate of drug-likeness (QED) is 0.813. The van der Waals surface area contributed by atoms with Crippen LogP contribution in [0.25, 0.3) is 10.2 Å². The van der Waals surface area contributed by atoms with Gasteiger partial charge in [-0.3, -0.25) is 0 Å². The normalized spacial score (nSPS) is 11.7. The van der Waals surface area contributed by atoms with Crippen molar-refractivity contribution in [3.8, 4) is 0 Å². The summed E-state index contributed by atoms with van der Waals surface area (Å²) in [7, 11) is 4.21. The van der Waals surface area contributed by atoms with Gasteiger partial charge in [-0.2, -0.15) is 0 Å². The van der Waals surface area contributed by atoms with Gasteiger partial charge in [0.05, 0.1) is 10.2 Å². The summed E-state index contributed by atoms with van der Waals surface area (Å²) in [6.07, 6.45) is 1.67. The Bertz CT molecular complexity index is 521. The maximum absolute atomic E-state index is 4.52. The van der Waals surface area contributed by atoms with Gasteiger partial charge in [-0.25, -0.2) is 9.97 Å². The van der Waals surface area contributed by atoms with E-state index < -0.39 is 0 Å². The van der Waals surface area contributed by atoms with Crippen LogP contribution in [0.3, 0.4) is 0 Å². The van der Waals surface area contributed by atoms with E-state index in [0.29, 0.717) is 5.92 Å². The number of aromatic nitrogens is 2. The van der Waals surface area contributed by atoms with Crippen LogP contribution in [0.4, 0.5) is 5.82 Å². The van der Waals surface area contributed by atoms with E-state index in [2.05, 4.69) is 59.2 Å². The average molecular weight is 278 g/mol. The zero-order valence-electron chi connectivity index (χ0n) is 12.1. The molecule has 0 fully saturated rings. The molecule has 104 valence electrons. The number of thiophene rings is 1. The van der Waals surface area contributed by atoms with Crippen molar-refractivity contribution in [2.45, 2.75) is 13.8 Å². The van der Waals surface area contributed by atoms with Crippen molar-refractivity contribution in [3.05, 3.63) is 17.8 Å². The topological polar surface area (TPSA) is 32.3 Å². The van der Waals surface area contributed by atoms with E-state index in [4.69, 9.17) is 0 Å². The maximum Gasteiger partial charge on any atom is 0.150 e. The van der Waals surface area contributed by atoms with E-state index in [1.165, 1.54) is 4.70 Å². The number of hydrogen-bond acceptors (Lipinski definition) is 5. The first-order valence-corrected chi connectivity index (χ1v) is 7.53. The second-order valence-corrected chi connectivity index (χ2v) is 6.39. The Kier molecular flexibility index (Phi) is 4.71. The zero-order valence-corrected chi connectivity index (χ0v) is 12.9. The number of anilines is 1. The second-order valence-electron chi connectivity index (χ2n) is 5.48. The molecule has 0 atom stereocenters. The zero-order chi connectivity index (χ0) is 13.8. The van der Waals surface area contributed by atoms with Crippen molar-refractivity contribution in [3.63, 3.8) is 0 Å². The standard InChI is InChI=1S/C14H22N4S/c1-11(2)9-18(7-6-17(3)4)14-13-12(5-8-19-13)15-10-16-14/h5,8,10-11H,6-7,9H2,1-4H3. The largest absolute Gasteiger partial charge is 0.354 e. The molecule has 0 aliphatic heterocycles. The van der Waals surface area contributed by atoms with Crippen molar-refractivity contribution < 1.29 is 0 Å². The van der Waals surface area contributed by atoms with Gasteiger partial charge in [0.15, 0.2) is 0 Å². The lowest BCUT2D eigenvalue weighted by Crippen LogP contribution is -2.35. The molecule has 0 saturated carbocycles. The van der Waals surface area contributed by atoms with E-state index in [1.807, 2.05) is 0 Å². The summed E-state index contributed by atoms with van der Waals surface area (Å²) < 4.78 is 1.20. The average Bonchev–Trinajstić information content (AvgIpc) is 2.81. The molecule has 2 aromatic rings. The summed E-state index contributed by atoms with van der Waals surface area (Å²) in [4.78, 5) is 13.4. The fraction of sp³-hybridized carbons (Fsp3) is 0.571. The van der Waals surface area contributed by atoms with Crippen LogP contribution in [0.5, 0.6) is 0 Å². The minimum Gasteiger partial charge on any atom is -0.354 e. The van der Waals surface area contributed by atoms with Gasteiger partial charge < -0.3 is 9.80 Å². The van der Waals surface area contributed by atoms with E-state index >= 15 is 0 Å². The van der Waals surface area contributed by atoms with Crippen molar-refractivity contribution in [2.75, 3.05) is 38.6 Å². The molecular formula is C14H22N4S. The number of nitrogens with zero attached hydrogens (tertiary/aromatic N) is 4. The highest BCUT2D eigenvalue weighted by Crippen LogP contribution is 2.28. The number of likely N-dealkylation sites (N-methyl/N-ethyl adjacent to an activating group) is 1. The molecule has 0 amide bonds. The Labute approximate surface area is 119 Å². The van der Waals surface area contributed by atoms with Gasteiger partial charge in [-0.05, 0) is 31.5 Å². The van der Waals surface area contributed by atoms with Crippen molar-refractivity contribution >= 4 is 27.4 Å². The molecule has 2 heterocycles. The first kappa shape index (κ1) is 14.2. The highest BCUT2D eigenvalue weighted by Gasteiger charge is 2.14. The third-order valence-corrected chi connectivity index (χ3v) is 3.83. The van der Waals surface area contributed by atoms with Gasteiger partial charge in [-0.1, -0.05) is 13.8 Å². The molecule has 0 aliphatic carbocycles. The molecule has 0 saturated heterocycles. The van der Waals surface area contributed by atoms with Crippen LogP contribution in [-0.2, 0) is 0 Å². The summed E-state index contributed by atoms with van der Waals surface area (Å²) in [5, 5.41) is 2.09. The first-order valence-electron chi connectivity index (χ1n) is 6.66. The fourth-order valence-electron chi connectivity index (χ4n) is 2.05. The Morgan fingerprint density at radius 1 is 1.21 bits per heavy atom. The summed E-state index contributed by atoms with van der Waals surface area (Å²) in [5.41, 5.74) is 1.05. The van der Waals surface area contributed by atoms with Gasteiger partial charge in [0.1, 0.15) is 12.1 Å². The van der Waals surface area contributed by atoms with Crippen LogP contribution in [-0.4, -0.2) is 48.6 Å². The van der Waals surface area contributed by atoms with E-state index in [-0.39, 0.29) is 0 Å². The molecule has 0 N–H and O–H groups in total. The highest BCUT2D eigenvalue weighted by molar-refractivity contribution is 7.17. The van der Waals surface area contributed by atoms with Crippen molar-refractivity contribution in [1.82, 2.24) is 14.9 Å². The maximum atomic E-state index is 4.52. The third-order valence-electron chi connectivity index (χ3n) is 2.93. The predicted molar refractivity (Wildman–Crippen MR) is 83.0 cm³/mol. The molecule has 0 aromatic carbocycles. The molecular weight excluding hydrogens is 256 g/mol. The van der Waals surface area contributed by atoms with E-state index in [0.717, 1.165) is 31.0 Å². The smallest absolute Gasteiger partial charge is 0.150 e. The number of fused-ring (bicyclic) bond motifs is 1. The van der Waals surface area contributed by atoms with Gasteiger partial charge in [0, 0.05) is 19.6 Å². The SMILES string of the molecule is CC(C)CN(CCN(C)C)c1ncnc2ccsc12. The molecule has 2 rings (SSSR count). The molecule has 4 nitrogen and oxygen atoms in total. The number of rotatable bonds is 6. The van der Waals surface area contributed by atoms with Gasteiger partial charge >= 0.3 is 0 Å². The minimum atomic E-state index is 0.618. The van der Waals surface area contributed by atoms with E-state index in [9.17, 15) is 0 Å². The monoisotopic (exact) mass is 278 g/mol. The minimum absolute atomic E-state index is 0.618. The molecule has 0 spiro atoms. The van der Waals surface area contributed by atoms with Gasteiger partial charge in [0.25, 0.3) is 0 Å². The van der Waals surface area contributed by atoms with Crippen LogP contribution in [0.2, 0.25) is 0 Å². The van der Waals surface area contributed by atoms with Gasteiger partial charge in [-0.15, -0.1) is 11.3 Å². The van der Waals surface area contributed by atoms with Crippen molar-refractivity contribution in [1.29, 1.82) is 0 Å². The molecule has 2 aromatic heterocycles. The van der Waals surface area contributed by atoms with Crippen LogP contribution in [0.15, 0.2) is 17.8 Å². The molecule has 0 bridgehead atoms. The highest BCUT2D eigenvalue weighted by atomic mass is 32.1. The molecule has 19 heavy (non-hydrogen) atoms. The van der Waals surface area contributed by atoms with Crippen molar-refractivity contribution in [2.24, 2.45) is 5.92 Å². The van der Waals surface area contributed by atoms with Crippen LogP contribution in [0, 0.1) is 5.92 Å². The lowest BCUT2D eigenvalue weighted by molar-refractivity contribution is 0.408. The van der Waals surface area contributed by atoms with Crippen LogP contribution in [0.1, 0.15) is 13.8 Å². The third kappa shape index (κ3) is 3.64. The van der Waals surface area contributed by atoms with Crippen LogP contribution < -0.4 is 4.90 Å². The van der Waals surface area contributed by atoms with Crippen LogP contribution >= 0.6 is 11.3 Å². The Balaban J connectivity index is 2.28. The lowest BCUT2D eigenvalue weighted by Gasteiger charge is -2.27. The molecule has 0 unspecified atom stereocenters. The fourth-order valence-corrected chi connectivity index (χ4v) is 2.91. The first-order chi connectivity index (χ1) is 9.08. The van der Waals surface area contributed by atoms with E-state index in [1.54, 1.807) is 17.7 Å². The summed E-state index contributed by atoms with van der Waals surface area (Å²) in [5.74, 6) is 1.70. The van der Waals surface area contributed by atoms with Gasteiger partial charge in [0.2, 0.25) is 0 Å². The molecule has 0 aliphatic rings. The lowest BCUT2D eigenvalue weighted by atomic mass is 10.2. The molecule has 5 heteroatoms. The summed E-state index contributed by atoms with van der Waals surface area (Å²) in [6.45, 7) is 7.54.